The molecule has 2 fully saturated rings. The predicted molar refractivity (Wildman–Crippen MR) is 119 cm³/mol. The number of methoxy groups -OCH3 is 1. The second-order valence-corrected chi connectivity index (χ2v) is 8.04. The van der Waals surface area contributed by atoms with Crippen molar-refractivity contribution < 1.29 is 14.3 Å². The lowest BCUT2D eigenvalue weighted by Crippen LogP contribution is -2.45. The van der Waals surface area contributed by atoms with Crippen LogP contribution in [0.2, 0.25) is 0 Å². The van der Waals surface area contributed by atoms with Crippen LogP contribution in [-0.2, 0) is 4.79 Å². The van der Waals surface area contributed by atoms with Crippen molar-refractivity contribution in [3.63, 3.8) is 0 Å². The van der Waals surface area contributed by atoms with E-state index in [9.17, 15) is 4.79 Å². The molecule has 2 N–H and O–H groups in total. The minimum atomic E-state index is 0.244. The summed E-state index contributed by atoms with van der Waals surface area (Å²) in [5.41, 5.74) is 0. The predicted octanol–water partition coefficient (Wildman–Crippen LogP) is 2.81. The Labute approximate surface area is 180 Å². The molecule has 1 saturated heterocycles. The highest BCUT2D eigenvalue weighted by atomic mass is 16.5. The van der Waals surface area contributed by atoms with Crippen LogP contribution in [0.15, 0.2) is 29.3 Å². The third-order valence-corrected chi connectivity index (χ3v) is 5.81. The molecule has 1 aliphatic heterocycles. The maximum Gasteiger partial charge on any atom is 0.225 e. The van der Waals surface area contributed by atoms with Crippen molar-refractivity contribution in [1.82, 2.24) is 15.5 Å². The first kappa shape index (κ1) is 22.2. The van der Waals surface area contributed by atoms with Gasteiger partial charge in [0, 0.05) is 37.7 Å². The lowest BCUT2D eigenvalue weighted by molar-refractivity contribution is -0.135. The highest BCUT2D eigenvalue weighted by molar-refractivity contribution is 5.81. The van der Waals surface area contributed by atoms with E-state index >= 15 is 0 Å². The van der Waals surface area contributed by atoms with Gasteiger partial charge in [0.15, 0.2) is 5.96 Å². The van der Waals surface area contributed by atoms with Gasteiger partial charge in [-0.3, -0.25) is 4.79 Å². The fraction of sp³-hybridized carbons (Fsp3) is 0.652. The van der Waals surface area contributed by atoms with E-state index in [1.807, 2.05) is 29.2 Å². The van der Waals surface area contributed by atoms with Crippen molar-refractivity contribution in [3.8, 4) is 11.5 Å². The first-order valence-corrected chi connectivity index (χ1v) is 11.3. The van der Waals surface area contributed by atoms with E-state index in [1.165, 1.54) is 19.3 Å². The summed E-state index contributed by atoms with van der Waals surface area (Å²) < 4.78 is 11.0. The Kier molecular flexibility index (Phi) is 8.66. The number of amides is 1. The van der Waals surface area contributed by atoms with Gasteiger partial charge in [-0.25, -0.2) is 4.99 Å². The lowest BCUT2D eigenvalue weighted by atomic mass is 9.88. The SMILES string of the molecule is CCNC(=NCCOc1cccc(OC)c1)NC1CCN(C(=O)C2CCCCC2)C1. The molecule has 1 aliphatic carbocycles. The van der Waals surface area contributed by atoms with Gasteiger partial charge >= 0.3 is 0 Å². The Morgan fingerprint density at radius 2 is 2.00 bits per heavy atom. The fourth-order valence-corrected chi connectivity index (χ4v) is 4.21. The molecule has 2 aliphatic rings. The molecule has 7 nitrogen and oxygen atoms in total. The highest BCUT2D eigenvalue weighted by Gasteiger charge is 2.31. The van der Waals surface area contributed by atoms with Crippen molar-refractivity contribution in [3.05, 3.63) is 24.3 Å². The number of guanidine groups is 1. The second kappa shape index (κ2) is 11.7. The number of hydrogen-bond donors (Lipinski definition) is 2. The Bertz CT molecular complexity index is 703. The number of hydrogen-bond acceptors (Lipinski definition) is 4. The average molecular weight is 417 g/mol. The van der Waals surface area contributed by atoms with Gasteiger partial charge in [0.05, 0.1) is 13.7 Å². The first-order valence-electron chi connectivity index (χ1n) is 11.3. The average Bonchev–Trinajstić information content (AvgIpc) is 3.25. The number of carbonyl (C=O) groups excluding carboxylic acids is 1. The quantitative estimate of drug-likeness (QED) is 0.387. The van der Waals surface area contributed by atoms with E-state index in [1.54, 1.807) is 7.11 Å². The summed E-state index contributed by atoms with van der Waals surface area (Å²) in [4.78, 5) is 19.4. The summed E-state index contributed by atoms with van der Waals surface area (Å²) in [5, 5.41) is 6.78. The van der Waals surface area contributed by atoms with Crippen LogP contribution in [0, 0.1) is 5.92 Å². The van der Waals surface area contributed by atoms with Gasteiger partial charge in [-0.1, -0.05) is 25.3 Å². The maximum atomic E-state index is 12.8. The number of likely N-dealkylation sites (tertiary alicyclic amines) is 1. The Balaban J connectivity index is 1.44. The molecule has 0 aromatic heterocycles. The number of rotatable bonds is 8. The molecule has 30 heavy (non-hydrogen) atoms. The van der Waals surface area contributed by atoms with E-state index in [0.29, 0.717) is 19.1 Å². The van der Waals surface area contributed by atoms with Crippen LogP contribution in [0.5, 0.6) is 11.5 Å². The number of aliphatic imine (C=N–C) groups is 1. The van der Waals surface area contributed by atoms with Crippen molar-refractivity contribution in [2.45, 2.75) is 51.5 Å². The zero-order valence-electron chi connectivity index (χ0n) is 18.4. The Morgan fingerprint density at radius 3 is 2.77 bits per heavy atom. The number of nitrogens with zero attached hydrogens (tertiary/aromatic N) is 2. The van der Waals surface area contributed by atoms with Crippen LogP contribution < -0.4 is 20.1 Å². The van der Waals surface area contributed by atoms with Gasteiger partial charge in [-0.05, 0) is 38.3 Å². The van der Waals surface area contributed by atoms with Crippen LogP contribution in [0.25, 0.3) is 0 Å². The fourth-order valence-electron chi connectivity index (χ4n) is 4.21. The van der Waals surface area contributed by atoms with Crippen molar-refractivity contribution >= 4 is 11.9 Å². The molecule has 1 aromatic carbocycles. The normalized spacial score (nSPS) is 20.1. The Hall–Kier alpha value is -2.44. The number of benzene rings is 1. The standard InChI is InChI=1S/C23H36N4O3/c1-3-24-23(25-13-15-30-21-11-7-10-20(16-21)29-2)26-19-12-14-27(17-19)22(28)18-8-5-4-6-9-18/h7,10-11,16,18-19H,3-6,8-9,12-15,17H2,1-2H3,(H2,24,25,26). The van der Waals surface area contributed by atoms with Crippen LogP contribution in [0.4, 0.5) is 0 Å². The zero-order chi connectivity index (χ0) is 21.2. The summed E-state index contributed by atoms with van der Waals surface area (Å²) in [6.45, 7) is 5.48. The van der Waals surface area contributed by atoms with E-state index in [0.717, 1.165) is 56.4 Å². The van der Waals surface area contributed by atoms with Gasteiger partial charge in [0.2, 0.25) is 5.91 Å². The largest absolute Gasteiger partial charge is 0.497 e. The molecule has 3 rings (SSSR count). The van der Waals surface area contributed by atoms with Crippen LogP contribution in [-0.4, -0.2) is 62.7 Å². The molecule has 0 bridgehead atoms. The summed E-state index contributed by atoms with van der Waals surface area (Å²) in [7, 11) is 1.64. The van der Waals surface area contributed by atoms with Crippen molar-refractivity contribution in [2.24, 2.45) is 10.9 Å². The molecule has 1 saturated carbocycles. The molecule has 1 amide bonds. The molecule has 1 heterocycles. The summed E-state index contributed by atoms with van der Waals surface area (Å²) in [5.74, 6) is 2.93. The number of ether oxygens (including phenoxy) is 2. The number of carbonyl (C=O) groups is 1. The van der Waals surface area contributed by atoms with Crippen LogP contribution in [0.1, 0.15) is 45.4 Å². The Morgan fingerprint density at radius 1 is 1.20 bits per heavy atom. The maximum absolute atomic E-state index is 12.8. The monoisotopic (exact) mass is 416 g/mol. The molecule has 0 radical (unpaired) electrons. The van der Waals surface area contributed by atoms with Crippen molar-refractivity contribution in [2.75, 3.05) is 39.9 Å². The molecule has 0 spiro atoms. The van der Waals surface area contributed by atoms with Crippen LogP contribution in [0.3, 0.4) is 0 Å². The molecule has 1 aromatic rings. The molecular weight excluding hydrogens is 380 g/mol. The second-order valence-electron chi connectivity index (χ2n) is 8.04. The van der Waals surface area contributed by atoms with E-state index in [-0.39, 0.29) is 12.0 Å². The zero-order valence-corrected chi connectivity index (χ0v) is 18.4. The lowest BCUT2D eigenvalue weighted by Gasteiger charge is -2.26. The molecule has 166 valence electrons. The van der Waals surface area contributed by atoms with E-state index in [2.05, 4.69) is 22.5 Å². The van der Waals surface area contributed by atoms with E-state index < -0.39 is 0 Å². The van der Waals surface area contributed by atoms with Gasteiger partial charge in [-0.2, -0.15) is 0 Å². The number of nitrogens with one attached hydrogen (secondary N) is 2. The van der Waals surface area contributed by atoms with Crippen LogP contribution >= 0.6 is 0 Å². The minimum absolute atomic E-state index is 0.244. The molecule has 1 unspecified atom stereocenters. The van der Waals surface area contributed by atoms with Gasteiger partial charge in [0.1, 0.15) is 18.1 Å². The van der Waals surface area contributed by atoms with Gasteiger partial charge in [-0.15, -0.1) is 0 Å². The topological polar surface area (TPSA) is 75.2 Å². The summed E-state index contributed by atoms with van der Waals surface area (Å²) in [6, 6.07) is 7.82. The van der Waals surface area contributed by atoms with Gasteiger partial charge < -0.3 is 25.0 Å². The molecular formula is C23H36N4O3. The van der Waals surface area contributed by atoms with E-state index in [4.69, 9.17) is 9.47 Å². The third kappa shape index (κ3) is 6.54. The highest BCUT2D eigenvalue weighted by Crippen LogP contribution is 2.26. The first-order chi connectivity index (χ1) is 14.7. The molecule has 1 atom stereocenters. The summed E-state index contributed by atoms with van der Waals surface area (Å²) in [6.07, 6.45) is 6.75. The summed E-state index contributed by atoms with van der Waals surface area (Å²) >= 11 is 0. The smallest absolute Gasteiger partial charge is 0.225 e. The molecule has 7 heteroatoms. The third-order valence-electron chi connectivity index (χ3n) is 5.81. The van der Waals surface area contributed by atoms with Crippen molar-refractivity contribution in [1.29, 1.82) is 0 Å². The van der Waals surface area contributed by atoms with Gasteiger partial charge in [0.25, 0.3) is 0 Å². The minimum Gasteiger partial charge on any atom is -0.497 e.